The largest absolute Gasteiger partial charge is 0.313 e. The Morgan fingerprint density at radius 2 is 1.76 bits per heavy atom. The van der Waals surface area contributed by atoms with Crippen LogP contribution in [-0.4, -0.2) is 7.05 Å². The summed E-state index contributed by atoms with van der Waals surface area (Å²) in [5.41, 5.74) is 5.55. The van der Waals surface area contributed by atoms with Crippen LogP contribution >= 0.6 is 0 Å². The Hall–Kier alpha value is -1.60. The first kappa shape index (κ1) is 15.8. The van der Waals surface area contributed by atoms with Crippen LogP contribution in [-0.2, 0) is 12.8 Å². The molecule has 0 amide bonds. The first-order valence-electron chi connectivity index (χ1n) is 8.04. The molecule has 0 radical (unpaired) electrons. The van der Waals surface area contributed by atoms with Gasteiger partial charge >= 0.3 is 0 Å². The molecular formula is C20H27N. The zero-order chi connectivity index (χ0) is 15.1. The molecule has 2 aromatic rings. The molecule has 0 aromatic heterocycles. The monoisotopic (exact) mass is 281 g/mol. The maximum absolute atomic E-state index is 3.45. The summed E-state index contributed by atoms with van der Waals surface area (Å²) >= 11 is 0. The third-order valence-corrected chi connectivity index (χ3v) is 4.07. The molecule has 0 bridgehead atoms. The van der Waals surface area contributed by atoms with E-state index < -0.39 is 0 Å². The molecule has 1 N–H and O–H groups in total. The molecule has 1 atom stereocenters. The van der Waals surface area contributed by atoms with Crippen molar-refractivity contribution in [3.8, 4) is 0 Å². The highest BCUT2D eigenvalue weighted by molar-refractivity contribution is 5.29. The van der Waals surface area contributed by atoms with Crippen LogP contribution in [0.2, 0.25) is 0 Å². The molecule has 0 saturated heterocycles. The summed E-state index contributed by atoms with van der Waals surface area (Å²) in [6, 6.07) is 18.3. The molecule has 21 heavy (non-hydrogen) atoms. The van der Waals surface area contributed by atoms with Crippen molar-refractivity contribution in [1.82, 2.24) is 5.32 Å². The van der Waals surface area contributed by atoms with Crippen molar-refractivity contribution in [3.05, 3.63) is 70.8 Å². The molecule has 2 aromatic carbocycles. The van der Waals surface area contributed by atoms with Crippen molar-refractivity contribution in [3.63, 3.8) is 0 Å². The van der Waals surface area contributed by atoms with E-state index in [4.69, 9.17) is 0 Å². The average Bonchev–Trinajstić information content (AvgIpc) is 2.51. The minimum absolute atomic E-state index is 0.382. The number of likely N-dealkylation sites (N-methyl/N-ethyl adjacent to an activating group) is 1. The zero-order valence-corrected chi connectivity index (χ0v) is 13.5. The molecule has 0 aliphatic heterocycles. The van der Waals surface area contributed by atoms with Crippen molar-refractivity contribution in [1.29, 1.82) is 0 Å². The van der Waals surface area contributed by atoms with Crippen LogP contribution in [0.15, 0.2) is 48.5 Å². The van der Waals surface area contributed by atoms with E-state index in [9.17, 15) is 0 Å². The topological polar surface area (TPSA) is 12.0 Å². The summed E-state index contributed by atoms with van der Waals surface area (Å²) < 4.78 is 0. The maximum atomic E-state index is 3.45. The van der Waals surface area contributed by atoms with Crippen molar-refractivity contribution >= 4 is 0 Å². The van der Waals surface area contributed by atoms with E-state index in [1.165, 1.54) is 41.5 Å². The summed E-state index contributed by atoms with van der Waals surface area (Å²) in [7, 11) is 2.05. The number of unbranched alkanes of at least 4 members (excludes halogenated alkanes) is 1. The molecule has 0 heterocycles. The summed E-state index contributed by atoms with van der Waals surface area (Å²) in [5, 5.41) is 3.45. The van der Waals surface area contributed by atoms with Gasteiger partial charge in [-0.25, -0.2) is 0 Å². The Kier molecular flexibility index (Phi) is 6.01. The smallest absolute Gasteiger partial charge is 0.0358 e. The van der Waals surface area contributed by atoms with Gasteiger partial charge in [0.25, 0.3) is 0 Å². The molecule has 1 unspecified atom stereocenters. The van der Waals surface area contributed by atoms with E-state index in [0.717, 1.165) is 6.42 Å². The number of aryl methyl sites for hydroxylation is 2. The van der Waals surface area contributed by atoms with Gasteiger partial charge in [-0.3, -0.25) is 0 Å². The van der Waals surface area contributed by atoms with Gasteiger partial charge in [-0.05, 0) is 49.9 Å². The lowest BCUT2D eigenvalue weighted by Gasteiger charge is -2.17. The number of hydrogen-bond acceptors (Lipinski definition) is 1. The minimum atomic E-state index is 0.382. The summed E-state index contributed by atoms with van der Waals surface area (Å²) in [6.07, 6.45) is 4.76. The maximum Gasteiger partial charge on any atom is 0.0358 e. The Labute approximate surface area is 129 Å². The van der Waals surface area contributed by atoms with Crippen LogP contribution < -0.4 is 5.32 Å². The second-order valence-corrected chi connectivity index (χ2v) is 5.88. The fraction of sp³-hybridized carbons (Fsp3) is 0.400. The van der Waals surface area contributed by atoms with E-state index in [1.807, 2.05) is 7.05 Å². The molecular weight excluding hydrogens is 254 g/mol. The highest BCUT2D eigenvalue weighted by Gasteiger charge is 2.10. The fourth-order valence-electron chi connectivity index (χ4n) is 2.76. The molecule has 1 nitrogen and oxygen atoms in total. The number of benzene rings is 2. The van der Waals surface area contributed by atoms with Gasteiger partial charge in [-0.1, -0.05) is 67.4 Å². The summed E-state index contributed by atoms with van der Waals surface area (Å²) in [5.74, 6) is 0. The molecule has 0 aliphatic rings. The van der Waals surface area contributed by atoms with E-state index in [-0.39, 0.29) is 0 Å². The van der Waals surface area contributed by atoms with Crippen LogP contribution in [0.3, 0.4) is 0 Å². The van der Waals surface area contributed by atoms with Crippen molar-refractivity contribution < 1.29 is 0 Å². The van der Waals surface area contributed by atoms with Gasteiger partial charge in [-0.2, -0.15) is 0 Å². The third-order valence-electron chi connectivity index (χ3n) is 4.07. The van der Waals surface area contributed by atoms with E-state index in [1.54, 1.807) is 0 Å². The first-order valence-corrected chi connectivity index (χ1v) is 8.04. The van der Waals surface area contributed by atoms with Crippen LogP contribution in [0.5, 0.6) is 0 Å². The van der Waals surface area contributed by atoms with Crippen LogP contribution in [0, 0.1) is 6.92 Å². The van der Waals surface area contributed by atoms with Gasteiger partial charge < -0.3 is 5.32 Å². The average molecular weight is 281 g/mol. The molecule has 0 fully saturated rings. The molecule has 2 rings (SSSR count). The lowest BCUT2D eigenvalue weighted by atomic mass is 9.96. The second-order valence-electron chi connectivity index (χ2n) is 5.88. The summed E-state index contributed by atoms with van der Waals surface area (Å²) in [4.78, 5) is 0. The van der Waals surface area contributed by atoms with Gasteiger partial charge in [0.1, 0.15) is 0 Å². The Balaban J connectivity index is 2.06. The highest BCUT2D eigenvalue weighted by Crippen LogP contribution is 2.20. The molecule has 1 heteroatoms. The molecule has 0 saturated carbocycles. The van der Waals surface area contributed by atoms with Gasteiger partial charge in [0, 0.05) is 6.04 Å². The van der Waals surface area contributed by atoms with Crippen molar-refractivity contribution in [2.45, 2.75) is 45.6 Å². The predicted molar refractivity (Wildman–Crippen MR) is 91.7 cm³/mol. The van der Waals surface area contributed by atoms with Gasteiger partial charge in [0.15, 0.2) is 0 Å². The molecule has 0 spiro atoms. The predicted octanol–water partition coefficient (Wildman–Crippen LogP) is 4.84. The van der Waals surface area contributed by atoms with Crippen LogP contribution in [0.4, 0.5) is 0 Å². The van der Waals surface area contributed by atoms with Crippen molar-refractivity contribution in [2.24, 2.45) is 0 Å². The van der Waals surface area contributed by atoms with Gasteiger partial charge in [-0.15, -0.1) is 0 Å². The number of hydrogen-bond donors (Lipinski definition) is 1. The highest BCUT2D eigenvalue weighted by atomic mass is 14.9. The fourth-order valence-corrected chi connectivity index (χ4v) is 2.76. The van der Waals surface area contributed by atoms with E-state index in [0.29, 0.717) is 6.04 Å². The van der Waals surface area contributed by atoms with Gasteiger partial charge in [0.2, 0.25) is 0 Å². The first-order chi connectivity index (χ1) is 10.2. The van der Waals surface area contributed by atoms with E-state index in [2.05, 4.69) is 67.7 Å². The van der Waals surface area contributed by atoms with Crippen molar-refractivity contribution in [2.75, 3.05) is 7.05 Å². The Morgan fingerprint density at radius 1 is 1.00 bits per heavy atom. The lowest BCUT2D eigenvalue weighted by Crippen LogP contribution is -2.18. The Morgan fingerprint density at radius 3 is 2.38 bits per heavy atom. The number of nitrogens with one attached hydrogen (secondary N) is 1. The minimum Gasteiger partial charge on any atom is -0.313 e. The lowest BCUT2D eigenvalue weighted by molar-refractivity contribution is 0.591. The summed E-state index contributed by atoms with van der Waals surface area (Å²) in [6.45, 7) is 4.40. The second kappa shape index (κ2) is 7.99. The zero-order valence-electron chi connectivity index (χ0n) is 13.5. The number of rotatable bonds is 7. The molecule has 0 aliphatic carbocycles. The standard InChI is InChI=1S/C20H27N/c1-4-5-8-17-10-12-19(13-11-17)20(21-3)15-18-9-6-7-16(2)14-18/h6-7,9-14,20-21H,4-5,8,15H2,1-3H3. The van der Waals surface area contributed by atoms with E-state index >= 15 is 0 Å². The SMILES string of the molecule is CCCCc1ccc(C(Cc2cccc(C)c2)NC)cc1. The third kappa shape index (κ3) is 4.71. The molecule has 112 valence electrons. The normalized spacial score (nSPS) is 12.3. The van der Waals surface area contributed by atoms with Crippen LogP contribution in [0.1, 0.15) is 48.1 Å². The van der Waals surface area contributed by atoms with Crippen LogP contribution in [0.25, 0.3) is 0 Å². The Bertz CT molecular complexity index is 542. The quantitative estimate of drug-likeness (QED) is 0.765. The van der Waals surface area contributed by atoms with Gasteiger partial charge in [0.05, 0.1) is 0 Å².